The Kier molecular flexibility index (Phi) is 9.04. The second kappa shape index (κ2) is 12.9. The molecule has 2 aliphatic heterocycles. The van der Waals surface area contributed by atoms with Crippen LogP contribution in [0.2, 0.25) is 0 Å². The standard InChI is InChI=1S/C32H43N5O3/c1-22(2)30-34-28-11-7-10-27(29(28)35-30)31(38)33-20-24-12-16-36(17-13-24)21-25-14-18-37(19-15-25)32(39)23(3)40-26-8-5-4-6-9-26/h4-11,22-25H,12-21H2,1-3H3,(H,33,38)(H,34,35). The fourth-order valence-electron chi connectivity index (χ4n) is 5.93. The van der Waals surface area contributed by atoms with Gasteiger partial charge in [-0.2, -0.15) is 0 Å². The van der Waals surface area contributed by atoms with E-state index in [1.807, 2.05) is 60.4 Å². The number of para-hydroxylation sites is 2. The highest BCUT2D eigenvalue weighted by Crippen LogP contribution is 2.24. The zero-order valence-electron chi connectivity index (χ0n) is 24.1. The van der Waals surface area contributed by atoms with Gasteiger partial charge in [0, 0.05) is 32.1 Å². The van der Waals surface area contributed by atoms with Crippen molar-refractivity contribution in [1.29, 1.82) is 0 Å². The zero-order valence-corrected chi connectivity index (χ0v) is 24.1. The van der Waals surface area contributed by atoms with Crippen molar-refractivity contribution in [3.8, 4) is 5.75 Å². The maximum atomic E-state index is 13.0. The second-order valence-corrected chi connectivity index (χ2v) is 11.8. The van der Waals surface area contributed by atoms with Crippen molar-refractivity contribution in [1.82, 2.24) is 25.1 Å². The van der Waals surface area contributed by atoms with Gasteiger partial charge in [0.25, 0.3) is 11.8 Å². The number of fused-ring (bicyclic) bond motifs is 1. The maximum absolute atomic E-state index is 13.0. The normalized spacial score (nSPS) is 18.2. The van der Waals surface area contributed by atoms with Gasteiger partial charge in [0.2, 0.25) is 0 Å². The number of piperidine rings is 2. The SMILES string of the molecule is CC(Oc1ccccc1)C(=O)N1CCC(CN2CCC(CNC(=O)c3cccc4[nH]c(C(C)C)nc34)CC2)CC1. The number of imidazole rings is 1. The van der Waals surface area contributed by atoms with Gasteiger partial charge in [0.15, 0.2) is 6.10 Å². The highest BCUT2D eigenvalue weighted by atomic mass is 16.5. The minimum atomic E-state index is -0.469. The van der Waals surface area contributed by atoms with E-state index in [4.69, 9.17) is 4.74 Å². The van der Waals surface area contributed by atoms with E-state index in [1.165, 1.54) is 0 Å². The number of H-pyrrole nitrogens is 1. The highest BCUT2D eigenvalue weighted by Gasteiger charge is 2.29. The summed E-state index contributed by atoms with van der Waals surface area (Å²) in [5.41, 5.74) is 2.31. The van der Waals surface area contributed by atoms with E-state index in [0.29, 0.717) is 23.9 Å². The van der Waals surface area contributed by atoms with Gasteiger partial charge in [0.1, 0.15) is 17.1 Å². The van der Waals surface area contributed by atoms with E-state index in [0.717, 1.165) is 81.0 Å². The molecule has 2 fully saturated rings. The number of hydrogen-bond donors (Lipinski definition) is 2. The largest absolute Gasteiger partial charge is 0.481 e. The molecule has 2 saturated heterocycles. The predicted molar refractivity (Wildman–Crippen MR) is 158 cm³/mol. The molecule has 2 amide bonds. The fourth-order valence-corrected chi connectivity index (χ4v) is 5.93. The average Bonchev–Trinajstić information content (AvgIpc) is 3.42. The summed E-state index contributed by atoms with van der Waals surface area (Å²) < 4.78 is 5.85. The van der Waals surface area contributed by atoms with Crippen LogP contribution in [0.4, 0.5) is 0 Å². The Morgan fingerprint density at radius 2 is 1.65 bits per heavy atom. The monoisotopic (exact) mass is 545 g/mol. The Bertz CT molecular complexity index is 1270. The van der Waals surface area contributed by atoms with Crippen molar-refractivity contribution in [3.63, 3.8) is 0 Å². The van der Waals surface area contributed by atoms with Crippen molar-refractivity contribution >= 4 is 22.8 Å². The molecule has 1 unspecified atom stereocenters. The lowest BCUT2D eigenvalue weighted by Crippen LogP contribution is -2.47. The number of amides is 2. The summed E-state index contributed by atoms with van der Waals surface area (Å²) in [6.45, 7) is 11.6. The number of benzene rings is 2. The van der Waals surface area contributed by atoms with Crippen molar-refractivity contribution in [3.05, 3.63) is 59.9 Å². The first kappa shape index (κ1) is 28.1. The lowest BCUT2D eigenvalue weighted by atomic mass is 9.92. The molecule has 8 heteroatoms. The lowest BCUT2D eigenvalue weighted by molar-refractivity contribution is -0.139. The maximum Gasteiger partial charge on any atom is 0.263 e. The van der Waals surface area contributed by atoms with Crippen molar-refractivity contribution in [2.24, 2.45) is 11.8 Å². The van der Waals surface area contributed by atoms with Gasteiger partial charge in [-0.3, -0.25) is 9.59 Å². The number of carbonyl (C=O) groups is 2. The van der Waals surface area contributed by atoms with Crippen LogP contribution in [0.3, 0.4) is 0 Å². The third kappa shape index (κ3) is 6.84. The van der Waals surface area contributed by atoms with E-state index < -0.39 is 6.10 Å². The zero-order chi connectivity index (χ0) is 28.1. The number of nitrogens with one attached hydrogen (secondary N) is 2. The third-order valence-corrected chi connectivity index (χ3v) is 8.43. The molecule has 5 rings (SSSR count). The summed E-state index contributed by atoms with van der Waals surface area (Å²) in [5.74, 6) is 3.08. The van der Waals surface area contributed by atoms with Gasteiger partial charge in [-0.25, -0.2) is 4.98 Å². The number of nitrogens with zero attached hydrogens (tertiary/aromatic N) is 3. The summed E-state index contributed by atoms with van der Waals surface area (Å²) in [5, 5.41) is 3.18. The van der Waals surface area contributed by atoms with Crippen LogP contribution in [0.15, 0.2) is 48.5 Å². The van der Waals surface area contributed by atoms with Gasteiger partial charge in [-0.1, -0.05) is 38.1 Å². The van der Waals surface area contributed by atoms with E-state index >= 15 is 0 Å². The molecule has 1 aromatic heterocycles. The molecule has 2 N–H and O–H groups in total. The number of rotatable bonds is 9. The van der Waals surface area contributed by atoms with E-state index in [2.05, 4.69) is 34.0 Å². The third-order valence-electron chi connectivity index (χ3n) is 8.43. The van der Waals surface area contributed by atoms with Gasteiger partial charge in [-0.15, -0.1) is 0 Å². The van der Waals surface area contributed by atoms with Crippen LogP contribution in [0.1, 0.15) is 68.6 Å². The summed E-state index contributed by atoms with van der Waals surface area (Å²) in [7, 11) is 0. The summed E-state index contributed by atoms with van der Waals surface area (Å²) in [6.07, 6.45) is 3.79. The molecule has 8 nitrogen and oxygen atoms in total. The van der Waals surface area contributed by atoms with Gasteiger partial charge in [0.05, 0.1) is 11.1 Å². The fraction of sp³-hybridized carbons (Fsp3) is 0.531. The number of carbonyl (C=O) groups excluding carboxylic acids is 2. The number of aromatic nitrogens is 2. The number of likely N-dealkylation sites (tertiary alicyclic amines) is 2. The van der Waals surface area contributed by atoms with Crippen LogP contribution in [0, 0.1) is 11.8 Å². The Hall–Kier alpha value is -3.39. The average molecular weight is 546 g/mol. The van der Waals surface area contributed by atoms with Crippen molar-refractivity contribution < 1.29 is 14.3 Å². The molecule has 2 aromatic carbocycles. The Morgan fingerprint density at radius 1 is 0.950 bits per heavy atom. The van der Waals surface area contributed by atoms with Crippen LogP contribution < -0.4 is 10.1 Å². The molecule has 2 aliphatic rings. The molecule has 3 aromatic rings. The molecular weight excluding hydrogens is 502 g/mol. The molecule has 40 heavy (non-hydrogen) atoms. The minimum absolute atomic E-state index is 0.0420. The van der Waals surface area contributed by atoms with Crippen LogP contribution in [0.25, 0.3) is 11.0 Å². The first-order valence-corrected chi connectivity index (χ1v) is 14.9. The van der Waals surface area contributed by atoms with Crippen LogP contribution in [-0.4, -0.2) is 77.0 Å². The van der Waals surface area contributed by atoms with E-state index in [-0.39, 0.29) is 17.7 Å². The first-order valence-electron chi connectivity index (χ1n) is 14.9. The smallest absolute Gasteiger partial charge is 0.263 e. The molecule has 214 valence electrons. The topological polar surface area (TPSA) is 90.6 Å². The predicted octanol–water partition coefficient (Wildman–Crippen LogP) is 4.83. The number of hydrogen-bond acceptors (Lipinski definition) is 5. The molecule has 0 saturated carbocycles. The summed E-state index contributed by atoms with van der Waals surface area (Å²) in [6, 6.07) is 15.3. The van der Waals surface area contributed by atoms with Crippen LogP contribution in [0.5, 0.6) is 5.75 Å². The molecule has 1 atom stereocenters. The van der Waals surface area contributed by atoms with Crippen molar-refractivity contribution in [2.75, 3.05) is 39.3 Å². The van der Waals surface area contributed by atoms with Gasteiger partial charge in [-0.05, 0) is 81.8 Å². The van der Waals surface area contributed by atoms with Crippen molar-refractivity contribution in [2.45, 2.75) is 58.5 Å². The van der Waals surface area contributed by atoms with Gasteiger partial charge < -0.3 is 24.8 Å². The van der Waals surface area contributed by atoms with E-state index in [1.54, 1.807) is 0 Å². The Labute approximate surface area is 237 Å². The number of aromatic amines is 1. The molecule has 3 heterocycles. The van der Waals surface area contributed by atoms with Gasteiger partial charge >= 0.3 is 0 Å². The minimum Gasteiger partial charge on any atom is -0.481 e. The van der Waals surface area contributed by atoms with Crippen LogP contribution >= 0.6 is 0 Å². The molecular formula is C32H43N5O3. The highest BCUT2D eigenvalue weighted by molar-refractivity contribution is 6.04. The molecule has 0 aliphatic carbocycles. The quantitative estimate of drug-likeness (QED) is 0.402. The molecule has 0 spiro atoms. The summed E-state index contributed by atoms with van der Waals surface area (Å²) in [4.78, 5) is 38.4. The summed E-state index contributed by atoms with van der Waals surface area (Å²) >= 11 is 0. The second-order valence-electron chi connectivity index (χ2n) is 11.8. The first-order chi connectivity index (χ1) is 19.4. The van der Waals surface area contributed by atoms with E-state index in [9.17, 15) is 9.59 Å². The number of ether oxygens (including phenoxy) is 1. The Morgan fingerprint density at radius 3 is 2.35 bits per heavy atom. The molecule has 0 bridgehead atoms. The van der Waals surface area contributed by atoms with Crippen LogP contribution in [-0.2, 0) is 4.79 Å². The molecule has 0 radical (unpaired) electrons. The lowest BCUT2D eigenvalue weighted by Gasteiger charge is -2.38. The Balaban J connectivity index is 1.02.